The standard InChI is InChI=1S/C20H21NO4S/c1-3-14-25-19-12-13-20(18-7-5-4-6-17(18)19)26(22,23)21-15-8-10-16(24-2)11-9-15/h4-13,21H,3,14H2,1-2H3. The van der Waals surface area contributed by atoms with Crippen LogP contribution in [-0.2, 0) is 10.0 Å². The van der Waals surface area contributed by atoms with Gasteiger partial charge < -0.3 is 9.47 Å². The van der Waals surface area contributed by atoms with Crippen LogP contribution < -0.4 is 14.2 Å². The second kappa shape index (κ2) is 7.66. The fraction of sp³-hybridized carbons (Fsp3) is 0.200. The monoisotopic (exact) mass is 371 g/mol. The number of ether oxygens (including phenoxy) is 2. The van der Waals surface area contributed by atoms with Crippen LogP contribution in [0.5, 0.6) is 11.5 Å². The number of anilines is 1. The molecule has 0 unspecified atom stereocenters. The number of rotatable bonds is 7. The molecule has 6 heteroatoms. The molecule has 0 saturated heterocycles. The molecule has 0 atom stereocenters. The molecule has 3 rings (SSSR count). The lowest BCUT2D eigenvalue weighted by atomic mass is 10.1. The summed E-state index contributed by atoms with van der Waals surface area (Å²) in [5, 5.41) is 1.40. The molecule has 0 amide bonds. The fourth-order valence-corrected chi connectivity index (χ4v) is 3.96. The highest BCUT2D eigenvalue weighted by Crippen LogP contribution is 2.32. The Morgan fingerprint density at radius 1 is 0.923 bits per heavy atom. The first-order chi connectivity index (χ1) is 12.5. The molecule has 0 aromatic heterocycles. The highest BCUT2D eigenvalue weighted by Gasteiger charge is 2.19. The topological polar surface area (TPSA) is 64.6 Å². The van der Waals surface area contributed by atoms with Crippen LogP contribution in [0.4, 0.5) is 5.69 Å². The summed E-state index contributed by atoms with van der Waals surface area (Å²) in [6.07, 6.45) is 0.882. The lowest BCUT2D eigenvalue weighted by Gasteiger charge is -2.14. The molecule has 0 spiro atoms. The van der Waals surface area contributed by atoms with Crippen LogP contribution in [0.1, 0.15) is 13.3 Å². The number of methoxy groups -OCH3 is 1. The fourth-order valence-electron chi connectivity index (χ4n) is 2.69. The van der Waals surface area contributed by atoms with Crippen LogP contribution in [0.25, 0.3) is 10.8 Å². The minimum atomic E-state index is -3.74. The molecule has 0 saturated carbocycles. The Bertz CT molecular complexity index is 998. The van der Waals surface area contributed by atoms with E-state index in [1.165, 1.54) is 0 Å². The van der Waals surface area contributed by atoms with Gasteiger partial charge in [-0.1, -0.05) is 31.2 Å². The molecule has 26 heavy (non-hydrogen) atoms. The predicted octanol–water partition coefficient (Wildman–Crippen LogP) is 4.44. The van der Waals surface area contributed by atoms with E-state index in [2.05, 4.69) is 4.72 Å². The molecular weight excluding hydrogens is 350 g/mol. The third kappa shape index (κ3) is 3.75. The van der Waals surface area contributed by atoms with Crippen LogP contribution in [-0.4, -0.2) is 22.1 Å². The normalized spacial score (nSPS) is 11.3. The van der Waals surface area contributed by atoms with Crippen molar-refractivity contribution in [1.82, 2.24) is 0 Å². The van der Waals surface area contributed by atoms with Gasteiger partial charge in [0.25, 0.3) is 10.0 Å². The van der Waals surface area contributed by atoms with Crippen molar-refractivity contribution < 1.29 is 17.9 Å². The van der Waals surface area contributed by atoms with Crippen molar-refractivity contribution in [2.75, 3.05) is 18.4 Å². The summed E-state index contributed by atoms with van der Waals surface area (Å²) in [5.41, 5.74) is 0.473. The van der Waals surface area contributed by atoms with Crippen molar-refractivity contribution in [3.05, 3.63) is 60.7 Å². The van der Waals surface area contributed by atoms with Gasteiger partial charge in [-0.2, -0.15) is 0 Å². The zero-order chi connectivity index (χ0) is 18.6. The maximum Gasteiger partial charge on any atom is 0.262 e. The van der Waals surface area contributed by atoms with Crippen molar-refractivity contribution >= 4 is 26.5 Å². The first-order valence-electron chi connectivity index (χ1n) is 8.36. The van der Waals surface area contributed by atoms with E-state index in [9.17, 15) is 8.42 Å². The summed E-state index contributed by atoms with van der Waals surface area (Å²) in [7, 11) is -2.18. The molecule has 0 aliphatic carbocycles. The summed E-state index contributed by atoms with van der Waals surface area (Å²) >= 11 is 0. The second-order valence-electron chi connectivity index (χ2n) is 5.79. The van der Waals surface area contributed by atoms with Gasteiger partial charge in [0.15, 0.2) is 0 Å². The SMILES string of the molecule is CCCOc1ccc(S(=O)(=O)Nc2ccc(OC)cc2)c2ccccc12. The van der Waals surface area contributed by atoms with Crippen LogP contribution in [0, 0.1) is 0 Å². The minimum absolute atomic E-state index is 0.216. The van der Waals surface area contributed by atoms with Gasteiger partial charge >= 0.3 is 0 Å². The molecule has 1 N–H and O–H groups in total. The van der Waals surface area contributed by atoms with Gasteiger partial charge in [-0.3, -0.25) is 4.72 Å². The van der Waals surface area contributed by atoms with Gasteiger partial charge in [0.1, 0.15) is 11.5 Å². The predicted molar refractivity (Wildman–Crippen MR) is 104 cm³/mol. The van der Waals surface area contributed by atoms with Gasteiger partial charge in [-0.05, 0) is 42.8 Å². The molecule has 3 aromatic rings. The molecule has 5 nitrogen and oxygen atoms in total. The summed E-state index contributed by atoms with van der Waals surface area (Å²) in [5.74, 6) is 1.35. The Morgan fingerprint density at radius 2 is 1.62 bits per heavy atom. The molecule has 3 aromatic carbocycles. The summed E-state index contributed by atoms with van der Waals surface area (Å²) < 4.78 is 39.3. The molecule has 0 aliphatic heterocycles. The number of fused-ring (bicyclic) bond motifs is 1. The van der Waals surface area contributed by atoms with E-state index in [0.29, 0.717) is 29.2 Å². The van der Waals surface area contributed by atoms with Crippen molar-refractivity contribution in [3.63, 3.8) is 0 Å². The van der Waals surface area contributed by atoms with E-state index in [1.807, 2.05) is 25.1 Å². The number of sulfonamides is 1. The lowest BCUT2D eigenvalue weighted by molar-refractivity contribution is 0.321. The van der Waals surface area contributed by atoms with Gasteiger partial charge in [-0.25, -0.2) is 8.42 Å². The highest BCUT2D eigenvalue weighted by atomic mass is 32.2. The van der Waals surface area contributed by atoms with E-state index < -0.39 is 10.0 Å². The number of hydrogen-bond donors (Lipinski definition) is 1. The lowest BCUT2D eigenvalue weighted by Crippen LogP contribution is -2.13. The van der Waals surface area contributed by atoms with Crippen LogP contribution in [0.15, 0.2) is 65.6 Å². The average Bonchev–Trinajstić information content (AvgIpc) is 2.66. The average molecular weight is 371 g/mol. The maximum atomic E-state index is 12.9. The van der Waals surface area contributed by atoms with Crippen molar-refractivity contribution in [2.45, 2.75) is 18.2 Å². The van der Waals surface area contributed by atoms with Crippen molar-refractivity contribution in [3.8, 4) is 11.5 Å². The molecule has 0 fully saturated rings. The Labute approximate surface area is 153 Å². The number of hydrogen-bond acceptors (Lipinski definition) is 4. The van der Waals surface area contributed by atoms with Gasteiger partial charge in [0, 0.05) is 16.5 Å². The van der Waals surface area contributed by atoms with E-state index in [0.717, 1.165) is 11.8 Å². The number of benzene rings is 3. The summed E-state index contributed by atoms with van der Waals surface area (Å²) in [4.78, 5) is 0.216. The second-order valence-corrected chi connectivity index (χ2v) is 7.44. The summed E-state index contributed by atoms with van der Waals surface area (Å²) in [6, 6.07) is 17.4. The largest absolute Gasteiger partial charge is 0.497 e. The van der Waals surface area contributed by atoms with E-state index in [1.54, 1.807) is 49.6 Å². The zero-order valence-electron chi connectivity index (χ0n) is 14.7. The first kappa shape index (κ1) is 18.1. The third-order valence-corrected chi connectivity index (χ3v) is 5.38. The summed E-state index contributed by atoms with van der Waals surface area (Å²) in [6.45, 7) is 2.61. The quantitative estimate of drug-likeness (QED) is 0.667. The Kier molecular flexibility index (Phi) is 5.32. The zero-order valence-corrected chi connectivity index (χ0v) is 15.5. The van der Waals surface area contributed by atoms with E-state index in [-0.39, 0.29) is 4.90 Å². The van der Waals surface area contributed by atoms with Crippen LogP contribution in [0.2, 0.25) is 0 Å². The van der Waals surface area contributed by atoms with Crippen molar-refractivity contribution in [1.29, 1.82) is 0 Å². The molecule has 0 bridgehead atoms. The Balaban J connectivity index is 2.00. The maximum absolute atomic E-state index is 12.9. The van der Waals surface area contributed by atoms with Crippen molar-refractivity contribution in [2.24, 2.45) is 0 Å². The number of nitrogens with one attached hydrogen (secondary N) is 1. The Morgan fingerprint density at radius 3 is 2.27 bits per heavy atom. The van der Waals surface area contributed by atoms with Crippen LogP contribution in [0.3, 0.4) is 0 Å². The highest BCUT2D eigenvalue weighted by molar-refractivity contribution is 7.93. The van der Waals surface area contributed by atoms with Gasteiger partial charge in [-0.15, -0.1) is 0 Å². The van der Waals surface area contributed by atoms with E-state index in [4.69, 9.17) is 9.47 Å². The molecular formula is C20H21NO4S. The smallest absolute Gasteiger partial charge is 0.262 e. The van der Waals surface area contributed by atoms with Gasteiger partial charge in [0.05, 0.1) is 18.6 Å². The molecule has 136 valence electrons. The first-order valence-corrected chi connectivity index (χ1v) is 9.85. The molecule has 0 radical (unpaired) electrons. The Hall–Kier alpha value is -2.73. The third-order valence-electron chi connectivity index (χ3n) is 3.94. The van der Waals surface area contributed by atoms with E-state index >= 15 is 0 Å². The van der Waals surface area contributed by atoms with Crippen LogP contribution >= 0.6 is 0 Å². The van der Waals surface area contributed by atoms with Gasteiger partial charge in [0.2, 0.25) is 0 Å². The molecule has 0 aliphatic rings. The molecule has 0 heterocycles. The minimum Gasteiger partial charge on any atom is -0.497 e.